The number of unbranched alkanes of at least 4 members (excludes halogenated alkanes) is 9. The number of carbonyl (C=O) groups is 2. The first-order valence-corrected chi connectivity index (χ1v) is 24.8. The Morgan fingerprint density at radius 3 is 1.94 bits per heavy atom. The molecule has 0 amide bonds. The molecule has 1 heterocycles. The Bertz CT molecular complexity index is 1390. The van der Waals surface area contributed by atoms with Gasteiger partial charge in [0.15, 0.2) is 12.4 Å². The summed E-state index contributed by atoms with van der Waals surface area (Å²) >= 11 is 0. The Morgan fingerprint density at radius 1 is 0.714 bits per heavy atom. The second-order valence-corrected chi connectivity index (χ2v) is 17.4. The highest BCUT2D eigenvalue weighted by Crippen LogP contribution is 2.43. The van der Waals surface area contributed by atoms with E-state index in [4.69, 9.17) is 23.8 Å². The maximum absolute atomic E-state index is 12.8. The van der Waals surface area contributed by atoms with Gasteiger partial charge < -0.3 is 44.6 Å². The van der Waals surface area contributed by atoms with Crippen molar-refractivity contribution in [1.82, 2.24) is 0 Å². The van der Waals surface area contributed by atoms with Crippen molar-refractivity contribution in [2.45, 2.75) is 185 Å². The second kappa shape index (κ2) is 38.5. The molecule has 0 aromatic carbocycles. The monoisotopic (exact) mass is 913 g/mol. The number of phosphoric acid groups is 1. The van der Waals surface area contributed by atoms with E-state index in [9.17, 15) is 39.5 Å². The van der Waals surface area contributed by atoms with Crippen molar-refractivity contribution >= 4 is 19.8 Å². The Balaban J connectivity index is 2.50. The Hall–Kier alpha value is -2.75. The summed E-state index contributed by atoms with van der Waals surface area (Å²) in [6.07, 6.45) is 34.8. The predicted octanol–water partition coefficient (Wildman–Crippen LogP) is 8.55. The highest BCUT2D eigenvalue weighted by Gasteiger charge is 2.35. The number of esters is 2. The molecule has 362 valence electrons. The molecule has 1 saturated heterocycles. The number of allylic oxidation sites excluding steroid dienone is 10. The van der Waals surface area contributed by atoms with Crippen LogP contribution in [-0.4, -0.2) is 106 Å². The maximum Gasteiger partial charge on any atom is 0.472 e. The van der Waals surface area contributed by atoms with Crippen LogP contribution in [0.2, 0.25) is 0 Å². The molecule has 0 saturated carbocycles. The summed E-state index contributed by atoms with van der Waals surface area (Å²) in [6.45, 7) is 1.88. The predicted molar refractivity (Wildman–Crippen MR) is 245 cm³/mol. The first-order chi connectivity index (χ1) is 30.4. The van der Waals surface area contributed by atoms with E-state index in [1.165, 1.54) is 19.3 Å². The van der Waals surface area contributed by atoms with Gasteiger partial charge in [0.05, 0.1) is 38.1 Å². The van der Waals surface area contributed by atoms with Crippen molar-refractivity contribution in [1.29, 1.82) is 0 Å². The van der Waals surface area contributed by atoms with Crippen LogP contribution in [0.25, 0.3) is 0 Å². The largest absolute Gasteiger partial charge is 0.472 e. The molecule has 0 aromatic rings. The molecule has 1 fully saturated rings. The van der Waals surface area contributed by atoms with Gasteiger partial charge in [-0.2, -0.15) is 0 Å². The number of carbonyl (C=O) groups excluding carboxylic acids is 2. The molecule has 1 aliphatic rings. The van der Waals surface area contributed by atoms with Gasteiger partial charge in [0, 0.05) is 25.2 Å². The molecule has 1 rings (SSSR count). The minimum atomic E-state index is -4.71. The van der Waals surface area contributed by atoms with Crippen LogP contribution in [-0.2, 0) is 37.4 Å². The zero-order chi connectivity index (χ0) is 46.4. The molecule has 0 bridgehead atoms. The molecule has 0 aromatic heterocycles. The van der Waals surface area contributed by atoms with E-state index in [2.05, 4.69) is 67.0 Å². The van der Waals surface area contributed by atoms with Crippen LogP contribution in [0.15, 0.2) is 72.9 Å². The third-order valence-electron chi connectivity index (χ3n) is 10.1. The zero-order valence-electron chi connectivity index (χ0n) is 38.0. The fourth-order valence-corrected chi connectivity index (χ4v) is 7.22. The Morgan fingerprint density at radius 2 is 1.29 bits per heavy atom. The van der Waals surface area contributed by atoms with Crippen LogP contribution in [0.5, 0.6) is 0 Å². The molecule has 14 nitrogen and oxygen atoms in total. The van der Waals surface area contributed by atoms with Crippen molar-refractivity contribution in [3.05, 3.63) is 72.9 Å². The number of hydrogen-bond acceptors (Lipinski definition) is 13. The van der Waals surface area contributed by atoms with Crippen molar-refractivity contribution in [3.63, 3.8) is 0 Å². The van der Waals surface area contributed by atoms with Gasteiger partial charge in [0.1, 0.15) is 12.7 Å². The molecule has 8 atom stereocenters. The summed E-state index contributed by atoms with van der Waals surface area (Å²) in [4.78, 5) is 35.3. The van der Waals surface area contributed by atoms with E-state index in [1.807, 2.05) is 12.2 Å². The summed E-state index contributed by atoms with van der Waals surface area (Å²) in [5.74, 6) is -1.51. The highest BCUT2D eigenvalue weighted by molar-refractivity contribution is 7.47. The summed E-state index contributed by atoms with van der Waals surface area (Å²) in [5.41, 5.74) is 0. The second-order valence-electron chi connectivity index (χ2n) is 15.9. The summed E-state index contributed by atoms with van der Waals surface area (Å²) in [5, 5.41) is 49.4. The standard InChI is InChI=1S/C48H81O14P/c1-3-5-7-8-9-10-11-12-13-14-15-16-17-18-19-20-21-22-27-31-46(53)58-38-42(39-60-63(56,57)59-37-41(51)36-49)61-47(54)32-28-24-23-26-30-43-44(52)35-48(55)62-45(43)34-33-40(50)29-25-6-4-2/h9-10,12-13,15-16,18-19,23,26,33-34,40-45,48-52,55H,3-8,11,14,17,20-22,24-25,27-32,35-39H2,1-2H3,(H,56,57)/b10-9-,13-12-,16-15-,19-18-,26-23-,34-33+/t40-,41-,42+,43-,44-,45+,48?/m0/s1. The van der Waals surface area contributed by atoms with Crippen LogP contribution >= 0.6 is 7.82 Å². The number of aliphatic hydroxyl groups is 5. The summed E-state index contributed by atoms with van der Waals surface area (Å²) in [7, 11) is -4.71. The average molecular weight is 913 g/mol. The normalized spacial score (nSPS) is 21.0. The lowest BCUT2D eigenvalue weighted by Gasteiger charge is -2.36. The number of ether oxygens (including phenoxy) is 3. The van der Waals surface area contributed by atoms with Crippen molar-refractivity contribution in [3.8, 4) is 0 Å². The molecule has 15 heteroatoms. The van der Waals surface area contributed by atoms with Gasteiger partial charge in [-0.25, -0.2) is 4.57 Å². The van der Waals surface area contributed by atoms with Gasteiger partial charge in [0.2, 0.25) is 0 Å². The van der Waals surface area contributed by atoms with Gasteiger partial charge in [0.25, 0.3) is 0 Å². The molecule has 2 unspecified atom stereocenters. The van der Waals surface area contributed by atoms with E-state index in [0.29, 0.717) is 32.1 Å². The molecular formula is C48H81O14P. The molecule has 0 aliphatic carbocycles. The van der Waals surface area contributed by atoms with Gasteiger partial charge in [-0.3, -0.25) is 18.6 Å². The number of phosphoric ester groups is 1. The molecular weight excluding hydrogens is 831 g/mol. The van der Waals surface area contributed by atoms with Gasteiger partial charge in [-0.15, -0.1) is 0 Å². The van der Waals surface area contributed by atoms with Crippen molar-refractivity contribution in [2.75, 3.05) is 26.4 Å². The van der Waals surface area contributed by atoms with E-state index in [-0.39, 0.29) is 25.2 Å². The average Bonchev–Trinajstić information content (AvgIpc) is 3.25. The lowest BCUT2D eigenvalue weighted by Crippen LogP contribution is -2.43. The zero-order valence-corrected chi connectivity index (χ0v) is 38.9. The number of hydrogen-bond donors (Lipinski definition) is 6. The lowest BCUT2D eigenvalue weighted by atomic mass is 9.87. The SMILES string of the molecule is CCCCC/C=C\C/C=C\C/C=C\C/C=C\CCCCCC(=O)OC[C@H](COP(=O)(O)OC[C@@H](O)CO)OC(=O)CCC/C=C\C[C@H]1[C@@H](O)CC(O)O[C@@H]1/C=C/[C@@H](O)CCCCC. The first kappa shape index (κ1) is 58.3. The lowest BCUT2D eigenvalue weighted by molar-refractivity contribution is -0.199. The van der Waals surface area contributed by atoms with Crippen LogP contribution in [0.4, 0.5) is 0 Å². The summed E-state index contributed by atoms with van der Waals surface area (Å²) in [6, 6.07) is 0. The molecule has 0 radical (unpaired) electrons. The van der Waals surface area contributed by atoms with Gasteiger partial charge in [-0.05, 0) is 77.0 Å². The van der Waals surface area contributed by atoms with E-state index in [1.54, 1.807) is 12.2 Å². The Kier molecular flexibility index (Phi) is 35.6. The molecule has 6 N–H and O–H groups in total. The van der Waals surface area contributed by atoms with E-state index < -0.39 is 83.0 Å². The molecule has 1 aliphatic heterocycles. The van der Waals surface area contributed by atoms with Gasteiger partial charge in [-0.1, -0.05) is 125 Å². The van der Waals surface area contributed by atoms with Gasteiger partial charge >= 0.3 is 19.8 Å². The minimum Gasteiger partial charge on any atom is -0.462 e. The van der Waals surface area contributed by atoms with Crippen LogP contribution in [0, 0.1) is 5.92 Å². The van der Waals surface area contributed by atoms with Crippen molar-refractivity contribution < 1.29 is 67.8 Å². The van der Waals surface area contributed by atoms with Crippen LogP contribution in [0.3, 0.4) is 0 Å². The smallest absolute Gasteiger partial charge is 0.462 e. The first-order valence-electron chi connectivity index (χ1n) is 23.3. The topological polar surface area (TPSA) is 219 Å². The molecule has 0 spiro atoms. The Labute approximate surface area is 377 Å². The van der Waals surface area contributed by atoms with E-state index in [0.717, 1.165) is 64.2 Å². The quantitative estimate of drug-likeness (QED) is 0.0148. The number of rotatable bonds is 38. The maximum atomic E-state index is 12.8. The third-order valence-corrected chi connectivity index (χ3v) is 11.1. The van der Waals surface area contributed by atoms with Crippen LogP contribution in [0.1, 0.15) is 149 Å². The molecule has 63 heavy (non-hydrogen) atoms. The number of aliphatic hydroxyl groups excluding tert-OH is 5. The summed E-state index contributed by atoms with van der Waals surface area (Å²) < 4.78 is 38.4. The van der Waals surface area contributed by atoms with E-state index >= 15 is 0 Å². The third kappa shape index (κ3) is 33.4. The fourth-order valence-electron chi connectivity index (χ4n) is 6.43. The van der Waals surface area contributed by atoms with Crippen molar-refractivity contribution in [2.24, 2.45) is 5.92 Å². The fraction of sp³-hybridized carbons (Fsp3) is 0.708. The minimum absolute atomic E-state index is 0.0210. The van der Waals surface area contributed by atoms with Crippen LogP contribution < -0.4 is 0 Å². The highest BCUT2D eigenvalue weighted by atomic mass is 31.2.